The molecule has 0 amide bonds. The zero-order chi connectivity index (χ0) is 23.1. The van der Waals surface area contributed by atoms with Gasteiger partial charge in [-0.1, -0.05) is 41.0 Å². The molecule has 1 rings (SSSR count). The Labute approximate surface area is 186 Å². The van der Waals surface area contributed by atoms with Crippen LogP contribution in [0.4, 0.5) is 0 Å². The summed E-state index contributed by atoms with van der Waals surface area (Å²) >= 11 is 0. The Kier molecular flexibility index (Phi) is 10.4. The number of hydrogen-bond donors (Lipinski definition) is 1. The predicted octanol–water partition coefficient (Wildman–Crippen LogP) is 4.17. The van der Waals surface area contributed by atoms with Crippen LogP contribution in [0.2, 0.25) is 0 Å². The second kappa shape index (κ2) is 11.6. The van der Waals surface area contributed by atoms with Gasteiger partial charge in [-0.15, -0.1) is 0 Å². The van der Waals surface area contributed by atoms with E-state index in [0.717, 1.165) is 38.8 Å². The third-order valence-corrected chi connectivity index (χ3v) is 7.13. The van der Waals surface area contributed by atoms with E-state index in [1.54, 1.807) is 0 Å². The van der Waals surface area contributed by atoms with Crippen LogP contribution >= 0.6 is 0 Å². The van der Waals surface area contributed by atoms with Crippen molar-refractivity contribution in [2.75, 3.05) is 26.7 Å². The maximum Gasteiger partial charge on any atom is 0.161 e. The molecule has 0 spiro atoms. The van der Waals surface area contributed by atoms with Gasteiger partial charge < -0.3 is 5.32 Å². The van der Waals surface area contributed by atoms with Crippen molar-refractivity contribution in [1.82, 2.24) is 20.0 Å². The summed E-state index contributed by atoms with van der Waals surface area (Å²) in [5.74, 6) is 0.403. The van der Waals surface area contributed by atoms with E-state index in [2.05, 4.69) is 75.5 Å². The average Bonchev–Trinajstić information content (AvgIpc) is 2.69. The first-order valence-corrected chi connectivity index (χ1v) is 12.0. The van der Waals surface area contributed by atoms with Gasteiger partial charge in [0, 0.05) is 23.5 Å². The molecular weight excluding hydrogens is 374 g/mol. The van der Waals surface area contributed by atoms with Crippen molar-refractivity contribution in [3.05, 3.63) is 0 Å². The van der Waals surface area contributed by atoms with Gasteiger partial charge in [0.2, 0.25) is 0 Å². The van der Waals surface area contributed by atoms with Gasteiger partial charge in [0.15, 0.2) is 6.29 Å². The highest BCUT2D eigenvalue weighted by molar-refractivity contribution is 5.82. The number of Topliss-reactive ketones (excluding diaryl/α,β-unsaturated/α-hetero) is 1. The smallest absolute Gasteiger partial charge is 0.161 e. The maximum atomic E-state index is 12.8. The molecule has 0 aromatic heterocycles. The molecule has 1 aliphatic heterocycles. The summed E-state index contributed by atoms with van der Waals surface area (Å²) in [7, 11) is 2.12. The molecule has 1 aliphatic rings. The summed E-state index contributed by atoms with van der Waals surface area (Å²) in [6.07, 6.45) is 6.43. The molecule has 0 fully saturated rings. The highest BCUT2D eigenvalue weighted by Crippen LogP contribution is 2.34. The molecule has 1 heterocycles. The Bertz CT molecular complexity index is 562. The summed E-state index contributed by atoms with van der Waals surface area (Å²) in [4.78, 5) is 24.7. The average molecular weight is 424 g/mol. The van der Waals surface area contributed by atoms with Crippen LogP contribution in [0.15, 0.2) is 4.99 Å². The van der Waals surface area contributed by atoms with Crippen LogP contribution in [0.3, 0.4) is 0 Å². The minimum absolute atomic E-state index is 0.0259. The van der Waals surface area contributed by atoms with E-state index in [4.69, 9.17) is 4.99 Å². The third-order valence-electron chi connectivity index (χ3n) is 7.13. The lowest BCUT2D eigenvalue weighted by atomic mass is 9.83. The van der Waals surface area contributed by atoms with Gasteiger partial charge in [0.05, 0.1) is 19.0 Å². The van der Waals surface area contributed by atoms with E-state index in [9.17, 15) is 4.79 Å². The lowest BCUT2D eigenvalue weighted by Gasteiger charge is -2.51. The van der Waals surface area contributed by atoms with Crippen molar-refractivity contribution in [3.8, 4) is 0 Å². The van der Waals surface area contributed by atoms with Crippen molar-refractivity contribution in [3.63, 3.8) is 0 Å². The van der Waals surface area contributed by atoms with Gasteiger partial charge in [-0.05, 0) is 60.5 Å². The molecule has 6 nitrogen and oxygen atoms in total. The molecule has 3 atom stereocenters. The predicted molar refractivity (Wildman–Crippen MR) is 129 cm³/mol. The van der Waals surface area contributed by atoms with Crippen LogP contribution in [-0.4, -0.2) is 77.0 Å². The van der Waals surface area contributed by atoms with Crippen molar-refractivity contribution in [2.45, 2.75) is 112 Å². The monoisotopic (exact) mass is 423 g/mol. The molecule has 0 radical (unpaired) electrons. The number of nitrogens with zero attached hydrogens (tertiary/aromatic N) is 4. The molecule has 0 saturated carbocycles. The number of ketones is 1. The zero-order valence-electron chi connectivity index (χ0n) is 21.5. The van der Waals surface area contributed by atoms with Crippen LogP contribution in [0.5, 0.6) is 0 Å². The van der Waals surface area contributed by atoms with Gasteiger partial charge >= 0.3 is 0 Å². The molecule has 1 N–H and O–H groups in total. The summed E-state index contributed by atoms with van der Waals surface area (Å²) in [6, 6.07) is 0. The van der Waals surface area contributed by atoms with E-state index in [0.29, 0.717) is 12.3 Å². The molecule has 0 saturated heterocycles. The van der Waals surface area contributed by atoms with Crippen LogP contribution in [0, 0.1) is 5.92 Å². The van der Waals surface area contributed by atoms with E-state index in [1.807, 2.05) is 20.2 Å². The second-order valence-electron chi connectivity index (χ2n) is 10.1. The lowest BCUT2D eigenvalue weighted by molar-refractivity contribution is -0.128. The summed E-state index contributed by atoms with van der Waals surface area (Å²) < 4.78 is 0. The van der Waals surface area contributed by atoms with Gasteiger partial charge in [-0.2, -0.15) is 0 Å². The van der Waals surface area contributed by atoms with Crippen molar-refractivity contribution >= 4 is 12.1 Å². The van der Waals surface area contributed by atoms with Gasteiger partial charge in [-0.25, -0.2) is 4.99 Å². The number of carbonyl (C=O) groups is 1. The molecule has 0 aromatic rings. The number of hydrogen-bond acceptors (Lipinski definition) is 6. The third kappa shape index (κ3) is 6.76. The van der Waals surface area contributed by atoms with Crippen LogP contribution in [0.1, 0.15) is 88.0 Å². The zero-order valence-corrected chi connectivity index (χ0v) is 21.5. The fourth-order valence-corrected chi connectivity index (χ4v) is 4.50. The van der Waals surface area contributed by atoms with E-state index in [1.165, 1.54) is 0 Å². The molecule has 6 heteroatoms. The van der Waals surface area contributed by atoms with Gasteiger partial charge in [0.25, 0.3) is 0 Å². The molecule has 30 heavy (non-hydrogen) atoms. The Balaban J connectivity index is 3.06. The molecule has 0 aromatic carbocycles. The first kappa shape index (κ1) is 27.1. The van der Waals surface area contributed by atoms with Crippen molar-refractivity contribution in [2.24, 2.45) is 10.9 Å². The fourth-order valence-electron chi connectivity index (χ4n) is 4.50. The molecule has 3 unspecified atom stereocenters. The summed E-state index contributed by atoms with van der Waals surface area (Å²) in [5.41, 5.74) is -0.0587. The highest BCUT2D eigenvalue weighted by atomic mass is 16.1. The Morgan fingerprint density at radius 1 is 1.20 bits per heavy atom. The fraction of sp³-hybridized carbons (Fsp3) is 0.917. The molecule has 0 aliphatic carbocycles. The molecule has 0 bridgehead atoms. The maximum absolute atomic E-state index is 12.8. The minimum atomic E-state index is -0.0846. The first-order valence-electron chi connectivity index (χ1n) is 12.0. The number of rotatable bonds is 13. The molecular formula is C24H49N5O. The quantitative estimate of drug-likeness (QED) is 0.482. The van der Waals surface area contributed by atoms with E-state index in [-0.39, 0.29) is 29.5 Å². The minimum Gasteiger partial charge on any atom is -0.361 e. The van der Waals surface area contributed by atoms with Crippen LogP contribution < -0.4 is 5.32 Å². The standard InChI is InChI=1S/C24H49N5O/c1-11-14-24(9,12-2)29(17-21(30)19(4)5)23(7,8)15-16-28(13-3)22-26-18-25-20(6)27(22)10/h18-20,22H,11-17H2,1-10H3,(H,25,26). The van der Waals surface area contributed by atoms with Crippen LogP contribution in [-0.2, 0) is 4.79 Å². The van der Waals surface area contributed by atoms with Crippen molar-refractivity contribution < 1.29 is 4.79 Å². The van der Waals surface area contributed by atoms with E-state index < -0.39 is 0 Å². The van der Waals surface area contributed by atoms with Crippen LogP contribution in [0.25, 0.3) is 0 Å². The Hall–Kier alpha value is -0.980. The van der Waals surface area contributed by atoms with E-state index >= 15 is 0 Å². The van der Waals surface area contributed by atoms with Gasteiger partial charge in [-0.3, -0.25) is 19.5 Å². The normalized spacial score (nSPS) is 22.6. The topological polar surface area (TPSA) is 51.2 Å². The molecule has 176 valence electrons. The van der Waals surface area contributed by atoms with Gasteiger partial charge in [0.1, 0.15) is 5.78 Å². The Morgan fingerprint density at radius 2 is 1.83 bits per heavy atom. The van der Waals surface area contributed by atoms with Crippen molar-refractivity contribution in [1.29, 1.82) is 0 Å². The summed E-state index contributed by atoms with van der Waals surface area (Å²) in [6.45, 7) is 22.3. The number of nitrogens with one attached hydrogen (secondary N) is 1. The first-order chi connectivity index (χ1) is 13.9. The highest BCUT2D eigenvalue weighted by Gasteiger charge is 2.41. The number of aliphatic imine (C=N–C) groups is 1. The second-order valence-corrected chi connectivity index (χ2v) is 10.1. The SMILES string of the molecule is CCCC(C)(CC)N(CC(=O)C(C)C)C(C)(C)CCN(CC)C1N=CNC(C)N1C. The Morgan fingerprint density at radius 3 is 2.33 bits per heavy atom. The summed E-state index contributed by atoms with van der Waals surface area (Å²) in [5, 5.41) is 3.27. The lowest BCUT2D eigenvalue weighted by Crippen LogP contribution is -2.60. The number of carbonyl (C=O) groups excluding carboxylic acids is 1. The largest absolute Gasteiger partial charge is 0.361 e.